The van der Waals surface area contributed by atoms with E-state index in [0.29, 0.717) is 31.1 Å². The van der Waals surface area contributed by atoms with E-state index in [9.17, 15) is 4.79 Å². The summed E-state index contributed by atoms with van der Waals surface area (Å²) < 4.78 is 18.7. The lowest BCUT2D eigenvalue weighted by atomic mass is 10.1. The first-order valence-electron chi connectivity index (χ1n) is 11.1. The van der Waals surface area contributed by atoms with E-state index in [1.807, 2.05) is 61.5 Å². The SMILES string of the molecule is CCOc1cccc2c1cc(C(=O)NCc1ccc3c(c1)OCO3)n2Cc1ccccc1C. The van der Waals surface area contributed by atoms with Gasteiger partial charge >= 0.3 is 0 Å². The Kier molecular flexibility index (Phi) is 5.65. The molecule has 1 aromatic heterocycles. The van der Waals surface area contributed by atoms with E-state index in [1.54, 1.807) is 0 Å². The van der Waals surface area contributed by atoms with Crippen LogP contribution in [0, 0.1) is 6.92 Å². The molecule has 4 aromatic rings. The van der Waals surface area contributed by atoms with E-state index in [4.69, 9.17) is 14.2 Å². The van der Waals surface area contributed by atoms with E-state index < -0.39 is 0 Å². The van der Waals surface area contributed by atoms with Crippen molar-refractivity contribution in [2.45, 2.75) is 26.9 Å². The van der Waals surface area contributed by atoms with Crippen molar-refractivity contribution in [1.29, 1.82) is 0 Å². The topological polar surface area (TPSA) is 61.7 Å². The molecule has 33 heavy (non-hydrogen) atoms. The van der Waals surface area contributed by atoms with Gasteiger partial charge in [-0.1, -0.05) is 36.4 Å². The highest BCUT2D eigenvalue weighted by molar-refractivity contribution is 6.00. The molecule has 0 saturated carbocycles. The number of aryl methyl sites for hydroxylation is 1. The third-order valence-electron chi connectivity index (χ3n) is 5.92. The Hall–Kier alpha value is -3.93. The van der Waals surface area contributed by atoms with Gasteiger partial charge in [0.2, 0.25) is 6.79 Å². The van der Waals surface area contributed by atoms with Gasteiger partial charge < -0.3 is 24.1 Å². The summed E-state index contributed by atoms with van der Waals surface area (Å²) in [5, 5.41) is 3.99. The normalized spacial score (nSPS) is 12.2. The summed E-state index contributed by atoms with van der Waals surface area (Å²) >= 11 is 0. The lowest BCUT2D eigenvalue weighted by Crippen LogP contribution is -2.25. The maximum Gasteiger partial charge on any atom is 0.268 e. The van der Waals surface area contributed by atoms with Crippen LogP contribution >= 0.6 is 0 Å². The molecule has 6 nitrogen and oxygen atoms in total. The Balaban J connectivity index is 1.48. The summed E-state index contributed by atoms with van der Waals surface area (Å²) in [5.41, 5.74) is 4.87. The van der Waals surface area contributed by atoms with Crippen LogP contribution in [0.25, 0.3) is 10.9 Å². The molecule has 3 aromatic carbocycles. The van der Waals surface area contributed by atoms with E-state index in [-0.39, 0.29) is 12.7 Å². The molecule has 0 bridgehead atoms. The number of ether oxygens (including phenoxy) is 3. The maximum atomic E-state index is 13.4. The zero-order valence-corrected chi connectivity index (χ0v) is 18.8. The minimum absolute atomic E-state index is 0.139. The van der Waals surface area contributed by atoms with Gasteiger partial charge in [0.25, 0.3) is 5.91 Å². The van der Waals surface area contributed by atoms with Gasteiger partial charge in [0, 0.05) is 18.5 Å². The number of fused-ring (bicyclic) bond motifs is 2. The second-order valence-corrected chi connectivity index (χ2v) is 8.03. The predicted octanol–water partition coefficient (Wildman–Crippen LogP) is 5.06. The van der Waals surface area contributed by atoms with Crippen LogP contribution in [0.15, 0.2) is 66.7 Å². The van der Waals surface area contributed by atoms with Gasteiger partial charge in [-0.2, -0.15) is 0 Å². The van der Waals surface area contributed by atoms with E-state index >= 15 is 0 Å². The number of aromatic nitrogens is 1. The van der Waals surface area contributed by atoms with E-state index in [1.165, 1.54) is 11.1 Å². The number of rotatable bonds is 7. The Morgan fingerprint density at radius 2 is 1.88 bits per heavy atom. The largest absolute Gasteiger partial charge is 0.493 e. The van der Waals surface area contributed by atoms with Gasteiger partial charge in [-0.15, -0.1) is 0 Å². The minimum Gasteiger partial charge on any atom is -0.493 e. The number of carbonyl (C=O) groups excluding carboxylic acids is 1. The van der Waals surface area contributed by atoms with Crippen molar-refractivity contribution in [1.82, 2.24) is 9.88 Å². The molecule has 0 aliphatic carbocycles. The van der Waals surface area contributed by atoms with Crippen LogP contribution in [-0.4, -0.2) is 23.9 Å². The molecular formula is C27H26N2O4. The Bertz CT molecular complexity index is 1330. The summed E-state index contributed by atoms with van der Waals surface area (Å²) in [6, 6.07) is 21.8. The highest BCUT2D eigenvalue weighted by Crippen LogP contribution is 2.33. The first-order chi connectivity index (χ1) is 16.1. The molecule has 6 heteroatoms. The van der Waals surface area contributed by atoms with Crippen molar-refractivity contribution in [2.24, 2.45) is 0 Å². The molecule has 0 spiro atoms. The number of carbonyl (C=O) groups is 1. The number of hydrogen-bond donors (Lipinski definition) is 1. The smallest absolute Gasteiger partial charge is 0.268 e. The van der Waals surface area contributed by atoms with Gasteiger partial charge in [-0.05, 0) is 60.9 Å². The fraction of sp³-hybridized carbons (Fsp3) is 0.222. The Labute approximate surface area is 192 Å². The molecule has 2 heterocycles. The summed E-state index contributed by atoms with van der Waals surface area (Å²) in [5.74, 6) is 2.08. The van der Waals surface area contributed by atoms with Crippen LogP contribution in [0.3, 0.4) is 0 Å². The van der Waals surface area contributed by atoms with Crippen LogP contribution in [0.2, 0.25) is 0 Å². The summed E-state index contributed by atoms with van der Waals surface area (Å²) in [4.78, 5) is 13.4. The molecule has 1 aliphatic heterocycles. The number of amides is 1. The highest BCUT2D eigenvalue weighted by Gasteiger charge is 2.19. The van der Waals surface area contributed by atoms with Crippen molar-refractivity contribution < 1.29 is 19.0 Å². The molecule has 0 saturated heterocycles. The second-order valence-electron chi connectivity index (χ2n) is 8.03. The van der Waals surface area contributed by atoms with Crippen molar-refractivity contribution in [3.8, 4) is 17.2 Å². The van der Waals surface area contributed by atoms with Crippen LogP contribution in [-0.2, 0) is 13.1 Å². The van der Waals surface area contributed by atoms with Gasteiger partial charge in [0.15, 0.2) is 11.5 Å². The molecule has 0 radical (unpaired) electrons. The average Bonchev–Trinajstić information content (AvgIpc) is 3.44. The number of nitrogens with zero attached hydrogens (tertiary/aromatic N) is 1. The number of hydrogen-bond acceptors (Lipinski definition) is 4. The third-order valence-corrected chi connectivity index (χ3v) is 5.92. The first-order valence-corrected chi connectivity index (χ1v) is 11.1. The zero-order valence-electron chi connectivity index (χ0n) is 18.8. The zero-order chi connectivity index (χ0) is 22.8. The molecule has 1 amide bonds. The summed E-state index contributed by atoms with van der Waals surface area (Å²) in [6.07, 6.45) is 0. The minimum atomic E-state index is -0.139. The van der Waals surface area contributed by atoms with Crippen molar-refractivity contribution in [3.05, 3.63) is 89.1 Å². The summed E-state index contributed by atoms with van der Waals surface area (Å²) in [6.45, 7) is 5.83. The molecule has 1 aliphatic rings. The second kappa shape index (κ2) is 8.90. The standard InChI is InChI=1S/C27H26N2O4/c1-3-31-24-10-6-9-22-21(24)14-23(29(22)16-20-8-5-4-7-18(20)2)27(30)28-15-19-11-12-25-26(13-19)33-17-32-25/h4-14H,3,15-17H2,1-2H3,(H,28,30). The van der Waals surface area contributed by atoms with E-state index in [0.717, 1.165) is 28.0 Å². The van der Waals surface area contributed by atoms with Crippen LogP contribution < -0.4 is 19.5 Å². The monoisotopic (exact) mass is 442 g/mol. The van der Waals surface area contributed by atoms with Crippen LogP contribution in [0.5, 0.6) is 17.2 Å². The van der Waals surface area contributed by atoms with E-state index in [2.05, 4.69) is 28.9 Å². The van der Waals surface area contributed by atoms with Crippen molar-refractivity contribution in [2.75, 3.05) is 13.4 Å². The molecule has 1 N–H and O–H groups in total. The number of benzene rings is 3. The fourth-order valence-electron chi connectivity index (χ4n) is 4.18. The van der Waals surface area contributed by atoms with Crippen LogP contribution in [0.4, 0.5) is 0 Å². The first kappa shape index (κ1) is 20.9. The average molecular weight is 443 g/mol. The molecular weight excluding hydrogens is 416 g/mol. The van der Waals surface area contributed by atoms with Crippen molar-refractivity contribution in [3.63, 3.8) is 0 Å². The van der Waals surface area contributed by atoms with Gasteiger partial charge in [-0.3, -0.25) is 4.79 Å². The van der Waals surface area contributed by atoms with Gasteiger partial charge in [0.05, 0.1) is 12.1 Å². The lowest BCUT2D eigenvalue weighted by molar-refractivity contribution is 0.0942. The third kappa shape index (κ3) is 4.12. The van der Waals surface area contributed by atoms with Gasteiger partial charge in [0.1, 0.15) is 11.4 Å². The lowest BCUT2D eigenvalue weighted by Gasteiger charge is -2.13. The molecule has 5 rings (SSSR count). The van der Waals surface area contributed by atoms with Gasteiger partial charge in [-0.25, -0.2) is 0 Å². The summed E-state index contributed by atoms with van der Waals surface area (Å²) in [7, 11) is 0. The molecule has 168 valence electrons. The molecule has 0 atom stereocenters. The Morgan fingerprint density at radius 3 is 2.73 bits per heavy atom. The Morgan fingerprint density at radius 1 is 1.03 bits per heavy atom. The molecule has 0 unspecified atom stereocenters. The van der Waals surface area contributed by atoms with Crippen molar-refractivity contribution >= 4 is 16.8 Å². The quantitative estimate of drug-likeness (QED) is 0.435. The number of nitrogens with one attached hydrogen (secondary N) is 1. The fourth-order valence-corrected chi connectivity index (χ4v) is 4.18. The highest BCUT2D eigenvalue weighted by atomic mass is 16.7. The molecule has 0 fully saturated rings. The van der Waals surface area contributed by atoms with Crippen LogP contribution in [0.1, 0.15) is 34.1 Å². The maximum absolute atomic E-state index is 13.4. The predicted molar refractivity (Wildman–Crippen MR) is 127 cm³/mol.